The Labute approximate surface area is 187 Å². The number of carbonyl (C=O) groups is 2. The molecule has 0 radical (unpaired) electrons. The van der Waals surface area contributed by atoms with E-state index in [0.717, 1.165) is 6.07 Å². The van der Waals surface area contributed by atoms with Crippen molar-refractivity contribution in [3.8, 4) is 0 Å². The Kier molecular flexibility index (Phi) is 5.46. The topological polar surface area (TPSA) is 114 Å². The first-order valence-corrected chi connectivity index (χ1v) is 9.90. The van der Waals surface area contributed by atoms with Gasteiger partial charge in [-0.3, -0.25) is 29.6 Å². The number of nitro benzene ring substituents is 1. The van der Waals surface area contributed by atoms with Crippen molar-refractivity contribution in [3.63, 3.8) is 0 Å². The van der Waals surface area contributed by atoms with Crippen LogP contribution in [0.5, 0.6) is 0 Å². The lowest BCUT2D eigenvalue weighted by Crippen LogP contribution is -2.30. The number of rotatable bonds is 4. The minimum absolute atomic E-state index is 0.0547. The van der Waals surface area contributed by atoms with Crippen molar-refractivity contribution in [3.05, 3.63) is 104 Å². The van der Waals surface area contributed by atoms with Crippen LogP contribution in [0, 0.1) is 17.0 Å². The summed E-state index contributed by atoms with van der Waals surface area (Å²) in [6.45, 7) is 1.72. The number of aliphatic hydroxyl groups is 1. The molecule has 0 spiro atoms. The zero-order chi connectivity index (χ0) is 23.0. The van der Waals surface area contributed by atoms with Crippen molar-refractivity contribution in [2.45, 2.75) is 13.0 Å². The van der Waals surface area contributed by atoms with Crippen LogP contribution in [0.3, 0.4) is 0 Å². The summed E-state index contributed by atoms with van der Waals surface area (Å²) in [4.78, 5) is 42.1. The maximum atomic E-state index is 13.1. The van der Waals surface area contributed by atoms with Gasteiger partial charge in [0.05, 0.1) is 16.5 Å². The molecule has 1 fully saturated rings. The molecule has 3 aromatic rings. The van der Waals surface area contributed by atoms with E-state index in [-0.39, 0.29) is 16.8 Å². The molecule has 4 rings (SSSR count). The number of aromatic nitrogens is 1. The monoisotopic (exact) mass is 449 g/mol. The molecule has 1 saturated heterocycles. The predicted octanol–water partition coefficient (Wildman–Crippen LogP) is 4.58. The fraction of sp³-hybridized carbons (Fsp3) is 0.0870. The van der Waals surface area contributed by atoms with E-state index in [1.165, 1.54) is 35.5 Å². The number of halogens is 1. The summed E-state index contributed by atoms with van der Waals surface area (Å²) in [5.74, 6) is -2.25. The number of hydrogen-bond acceptors (Lipinski definition) is 6. The number of ketones is 1. The number of aliphatic hydroxyl groups excluding tert-OH is 1. The first-order valence-electron chi connectivity index (χ1n) is 9.52. The summed E-state index contributed by atoms with van der Waals surface area (Å²) in [5, 5.41) is 22.6. The lowest BCUT2D eigenvalue weighted by atomic mass is 9.95. The van der Waals surface area contributed by atoms with Crippen LogP contribution in [0.2, 0.25) is 5.02 Å². The number of amides is 1. The smallest absolute Gasteiger partial charge is 0.300 e. The normalized spacial score (nSPS) is 17.6. The molecular formula is C23H16ClN3O5. The van der Waals surface area contributed by atoms with Gasteiger partial charge < -0.3 is 5.11 Å². The first kappa shape index (κ1) is 21.2. The summed E-state index contributed by atoms with van der Waals surface area (Å²) in [6, 6.07) is 12.5. The zero-order valence-electron chi connectivity index (χ0n) is 16.7. The number of benzene rings is 2. The third-order valence-corrected chi connectivity index (χ3v) is 5.70. The average molecular weight is 450 g/mol. The second-order valence-electron chi connectivity index (χ2n) is 7.14. The molecule has 1 aromatic heterocycles. The summed E-state index contributed by atoms with van der Waals surface area (Å²) in [5.41, 5.74) is 1.16. The van der Waals surface area contributed by atoms with Gasteiger partial charge in [-0.25, -0.2) is 0 Å². The van der Waals surface area contributed by atoms with Crippen LogP contribution in [-0.2, 0) is 9.59 Å². The lowest BCUT2D eigenvalue weighted by molar-refractivity contribution is -0.384. The van der Waals surface area contributed by atoms with Crippen molar-refractivity contribution in [2.24, 2.45) is 0 Å². The molecule has 32 heavy (non-hydrogen) atoms. The highest BCUT2D eigenvalue weighted by atomic mass is 35.5. The molecule has 1 aliphatic rings. The second kappa shape index (κ2) is 8.24. The predicted molar refractivity (Wildman–Crippen MR) is 118 cm³/mol. The minimum atomic E-state index is -0.977. The van der Waals surface area contributed by atoms with Crippen molar-refractivity contribution >= 4 is 40.4 Å². The molecule has 1 aliphatic heterocycles. The molecule has 0 bridgehead atoms. The molecule has 1 unspecified atom stereocenters. The molecule has 2 aromatic carbocycles. The molecule has 0 aliphatic carbocycles. The molecule has 8 nitrogen and oxygen atoms in total. The highest BCUT2D eigenvalue weighted by Gasteiger charge is 2.47. The van der Waals surface area contributed by atoms with E-state index in [1.54, 1.807) is 37.3 Å². The highest BCUT2D eigenvalue weighted by molar-refractivity contribution is 6.52. The standard InChI is InChI=1S/C23H16ClN3O5/c1-13-17(24)6-3-7-18(13)26-20(14-8-10-25-11-9-14)19(22(29)23(26)30)21(28)15-4-2-5-16(12-15)27(31)32/h2-12,20,28H,1H3/b21-19+. The van der Waals surface area contributed by atoms with E-state index in [4.69, 9.17) is 11.6 Å². The van der Waals surface area contributed by atoms with Gasteiger partial charge in [-0.2, -0.15) is 0 Å². The van der Waals surface area contributed by atoms with Gasteiger partial charge >= 0.3 is 0 Å². The number of anilines is 1. The third kappa shape index (κ3) is 3.50. The molecule has 0 saturated carbocycles. The molecule has 1 amide bonds. The van der Waals surface area contributed by atoms with Gasteiger partial charge in [-0.1, -0.05) is 29.8 Å². The van der Waals surface area contributed by atoms with Crippen LogP contribution in [0.1, 0.15) is 22.7 Å². The Bertz CT molecular complexity index is 1290. The third-order valence-electron chi connectivity index (χ3n) is 5.30. The number of nitro groups is 1. The number of Topliss-reactive ketones (excluding diaryl/α,β-unsaturated/α-hetero) is 1. The summed E-state index contributed by atoms with van der Waals surface area (Å²) in [7, 11) is 0. The van der Waals surface area contributed by atoms with E-state index in [0.29, 0.717) is 21.8 Å². The number of pyridine rings is 1. The van der Waals surface area contributed by atoms with E-state index < -0.39 is 28.4 Å². The molecule has 9 heteroatoms. The number of hydrogen-bond donors (Lipinski definition) is 1. The molecule has 1 N–H and O–H groups in total. The lowest BCUT2D eigenvalue weighted by Gasteiger charge is -2.27. The highest BCUT2D eigenvalue weighted by Crippen LogP contribution is 2.43. The van der Waals surface area contributed by atoms with E-state index in [2.05, 4.69) is 4.98 Å². The van der Waals surface area contributed by atoms with Gasteiger partial charge in [0.15, 0.2) is 0 Å². The van der Waals surface area contributed by atoms with Crippen molar-refractivity contribution in [1.29, 1.82) is 0 Å². The summed E-state index contributed by atoms with van der Waals surface area (Å²) >= 11 is 6.25. The summed E-state index contributed by atoms with van der Waals surface area (Å²) in [6.07, 6.45) is 3.02. The number of non-ortho nitro benzene ring substituents is 1. The Morgan fingerprint density at radius 3 is 2.50 bits per heavy atom. The van der Waals surface area contributed by atoms with E-state index >= 15 is 0 Å². The van der Waals surface area contributed by atoms with E-state index in [1.807, 2.05) is 0 Å². The first-order chi connectivity index (χ1) is 15.3. The molecule has 160 valence electrons. The maximum Gasteiger partial charge on any atom is 0.300 e. The van der Waals surface area contributed by atoms with Gasteiger partial charge in [0.1, 0.15) is 5.76 Å². The van der Waals surface area contributed by atoms with Gasteiger partial charge in [0.25, 0.3) is 17.4 Å². The fourth-order valence-electron chi connectivity index (χ4n) is 3.72. The van der Waals surface area contributed by atoms with Gasteiger partial charge in [-0.05, 0) is 42.3 Å². The largest absolute Gasteiger partial charge is 0.507 e. The number of nitrogens with zero attached hydrogens (tertiary/aromatic N) is 3. The van der Waals surface area contributed by atoms with E-state index in [9.17, 15) is 24.8 Å². The Hall–Kier alpha value is -4.04. The van der Waals surface area contributed by atoms with Gasteiger partial charge in [0.2, 0.25) is 0 Å². The van der Waals surface area contributed by atoms with Crippen LogP contribution in [0.15, 0.2) is 72.6 Å². The Morgan fingerprint density at radius 1 is 1.12 bits per heavy atom. The van der Waals surface area contributed by atoms with Crippen LogP contribution in [-0.4, -0.2) is 26.7 Å². The number of carbonyl (C=O) groups excluding carboxylic acids is 2. The molecule has 2 heterocycles. The van der Waals surface area contributed by atoms with Crippen molar-refractivity contribution < 1.29 is 19.6 Å². The SMILES string of the molecule is Cc1c(Cl)cccc1N1C(=O)C(=O)/C(=C(/O)c2cccc([N+](=O)[O-])c2)C1c1ccncc1. The van der Waals surface area contributed by atoms with Gasteiger partial charge in [0, 0.05) is 40.8 Å². The average Bonchev–Trinajstić information content (AvgIpc) is 3.06. The van der Waals surface area contributed by atoms with Crippen LogP contribution in [0.4, 0.5) is 11.4 Å². The minimum Gasteiger partial charge on any atom is -0.507 e. The quantitative estimate of drug-likeness (QED) is 0.205. The van der Waals surface area contributed by atoms with Crippen molar-refractivity contribution in [1.82, 2.24) is 4.98 Å². The zero-order valence-corrected chi connectivity index (χ0v) is 17.5. The maximum absolute atomic E-state index is 13.1. The molecular weight excluding hydrogens is 434 g/mol. The van der Waals surface area contributed by atoms with Crippen LogP contribution < -0.4 is 4.90 Å². The van der Waals surface area contributed by atoms with Crippen LogP contribution >= 0.6 is 11.6 Å². The second-order valence-corrected chi connectivity index (χ2v) is 7.55. The van der Waals surface area contributed by atoms with Crippen molar-refractivity contribution in [2.75, 3.05) is 4.90 Å². The fourth-order valence-corrected chi connectivity index (χ4v) is 3.89. The van der Waals surface area contributed by atoms with Gasteiger partial charge in [-0.15, -0.1) is 0 Å². The Balaban J connectivity index is 1.98. The summed E-state index contributed by atoms with van der Waals surface area (Å²) < 4.78 is 0. The van der Waals surface area contributed by atoms with Crippen LogP contribution in [0.25, 0.3) is 5.76 Å². The Morgan fingerprint density at radius 2 is 1.81 bits per heavy atom. The molecule has 1 atom stereocenters.